The Balaban J connectivity index is 1.29. The van der Waals surface area contributed by atoms with Gasteiger partial charge >= 0.3 is 11.9 Å². The summed E-state index contributed by atoms with van der Waals surface area (Å²) in [4.78, 5) is 77.0. The second-order valence-corrected chi connectivity index (χ2v) is 10.5. The van der Waals surface area contributed by atoms with Crippen molar-refractivity contribution < 1.29 is 39.0 Å². The Kier molecular flexibility index (Phi) is 8.79. The van der Waals surface area contributed by atoms with Gasteiger partial charge in [0.15, 0.2) is 0 Å². The zero-order valence-electron chi connectivity index (χ0n) is 22.9. The van der Waals surface area contributed by atoms with Crippen LogP contribution in [0.15, 0.2) is 36.7 Å². The van der Waals surface area contributed by atoms with E-state index in [0.717, 1.165) is 0 Å². The number of carboxylic acid groups (broad SMARTS) is 2. The van der Waals surface area contributed by atoms with E-state index in [9.17, 15) is 39.0 Å². The average Bonchev–Trinajstić information content (AvgIpc) is 3.70. The van der Waals surface area contributed by atoms with Gasteiger partial charge in [0.2, 0.25) is 11.8 Å². The molecule has 4 N–H and O–H groups in total. The Morgan fingerprint density at radius 2 is 1.12 bits per heavy atom. The quantitative estimate of drug-likeness (QED) is 0.303. The van der Waals surface area contributed by atoms with Gasteiger partial charge in [0, 0.05) is 77.3 Å². The predicted molar refractivity (Wildman–Crippen MR) is 143 cm³/mol. The number of hydrogen-bond acceptors (Lipinski definition) is 6. The maximum Gasteiger partial charge on any atom is 0.326 e. The largest absolute Gasteiger partial charge is 0.480 e. The highest BCUT2D eigenvalue weighted by Gasteiger charge is 2.42. The Morgan fingerprint density at radius 1 is 0.732 bits per heavy atom. The van der Waals surface area contributed by atoms with E-state index in [0.29, 0.717) is 11.4 Å². The Labute approximate surface area is 235 Å². The molecule has 0 unspecified atom stereocenters. The molecule has 2 aromatic rings. The van der Waals surface area contributed by atoms with E-state index >= 15 is 0 Å². The molecule has 4 amide bonds. The third-order valence-corrected chi connectivity index (χ3v) is 7.62. The van der Waals surface area contributed by atoms with Crippen LogP contribution < -0.4 is 10.6 Å². The summed E-state index contributed by atoms with van der Waals surface area (Å²) in [6.07, 6.45) is 3.38. The SMILES string of the molecule is Cn1cccc1C(=O)N[C@H]1C[C@@H](C(=O)O)N(C(=O)CCCC(=O)N2C[C@@H](NC(=O)c3cccn3C)C[C@H]2C(=O)O)C1. The van der Waals surface area contributed by atoms with E-state index < -0.39 is 47.9 Å². The van der Waals surface area contributed by atoms with Crippen molar-refractivity contribution in [2.75, 3.05) is 13.1 Å². The minimum atomic E-state index is -1.19. The third kappa shape index (κ3) is 6.58. The minimum Gasteiger partial charge on any atom is -0.480 e. The highest BCUT2D eigenvalue weighted by atomic mass is 16.4. The first kappa shape index (κ1) is 29.4. The summed E-state index contributed by atoms with van der Waals surface area (Å²) >= 11 is 0. The lowest BCUT2D eigenvalue weighted by molar-refractivity contribution is -0.149. The van der Waals surface area contributed by atoms with Crippen molar-refractivity contribution in [2.24, 2.45) is 14.1 Å². The van der Waals surface area contributed by atoms with Crippen LogP contribution in [0.4, 0.5) is 0 Å². The third-order valence-electron chi connectivity index (χ3n) is 7.62. The van der Waals surface area contributed by atoms with Gasteiger partial charge in [-0.15, -0.1) is 0 Å². The fourth-order valence-corrected chi connectivity index (χ4v) is 5.49. The van der Waals surface area contributed by atoms with Crippen LogP contribution in [-0.2, 0) is 33.3 Å². The van der Waals surface area contributed by atoms with E-state index in [1.807, 2.05) is 0 Å². The van der Waals surface area contributed by atoms with Crippen LogP contribution in [0, 0.1) is 0 Å². The van der Waals surface area contributed by atoms with Crippen LogP contribution in [0.1, 0.15) is 53.1 Å². The lowest BCUT2D eigenvalue weighted by Gasteiger charge is -2.23. The minimum absolute atomic E-state index is 0.0235. The standard InChI is InChI=1S/C27H34N6O8/c1-30-10-4-6-18(30)24(36)28-16-12-20(26(38)39)32(14-16)22(34)8-3-9-23(35)33-15-17(13-21(33)27(40)41)29-25(37)19-7-5-11-31(19)2/h4-7,10-11,16-17,20-21H,3,8-9,12-15H2,1-2H3,(H,28,36)(H,29,37)(H,38,39)(H,40,41)/t16-,17-,20-,21-/m0/s1. The summed E-state index contributed by atoms with van der Waals surface area (Å²) in [5.74, 6) is -4.05. The molecule has 2 saturated heterocycles. The van der Waals surface area contributed by atoms with E-state index in [1.54, 1.807) is 59.9 Å². The summed E-state index contributed by atoms with van der Waals surface area (Å²) in [6.45, 7) is 0.0469. The van der Waals surface area contributed by atoms with Crippen LogP contribution in [0.5, 0.6) is 0 Å². The van der Waals surface area contributed by atoms with Gasteiger partial charge in [-0.25, -0.2) is 9.59 Å². The molecule has 2 aromatic heterocycles. The smallest absolute Gasteiger partial charge is 0.326 e. The molecule has 2 aliphatic rings. The van der Waals surface area contributed by atoms with Gasteiger partial charge in [0.25, 0.3) is 11.8 Å². The number of rotatable bonds is 10. The van der Waals surface area contributed by atoms with Crippen molar-refractivity contribution in [3.63, 3.8) is 0 Å². The molecule has 2 aliphatic heterocycles. The Bertz CT molecular complexity index is 1250. The van der Waals surface area contributed by atoms with Gasteiger partial charge in [-0.1, -0.05) is 0 Å². The molecule has 0 aromatic carbocycles. The summed E-state index contributed by atoms with van der Waals surface area (Å²) < 4.78 is 3.27. The van der Waals surface area contributed by atoms with Gasteiger partial charge in [0.1, 0.15) is 23.5 Å². The molecule has 0 spiro atoms. The first-order valence-electron chi connectivity index (χ1n) is 13.3. The van der Waals surface area contributed by atoms with E-state index in [1.165, 1.54) is 9.80 Å². The van der Waals surface area contributed by atoms with Crippen molar-refractivity contribution in [1.29, 1.82) is 0 Å². The number of carbonyl (C=O) groups excluding carboxylic acids is 4. The lowest BCUT2D eigenvalue weighted by atomic mass is 10.1. The number of nitrogens with zero attached hydrogens (tertiary/aromatic N) is 4. The highest BCUT2D eigenvalue weighted by Crippen LogP contribution is 2.23. The second-order valence-electron chi connectivity index (χ2n) is 10.5. The maximum absolute atomic E-state index is 12.9. The Morgan fingerprint density at radius 3 is 1.44 bits per heavy atom. The number of likely N-dealkylation sites (tertiary alicyclic amines) is 2. The molecule has 4 heterocycles. The highest BCUT2D eigenvalue weighted by molar-refractivity contribution is 5.94. The molecule has 220 valence electrons. The maximum atomic E-state index is 12.9. The number of aromatic nitrogens is 2. The molecule has 14 heteroatoms. The fraction of sp³-hybridized carbons (Fsp3) is 0.481. The van der Waals surface area contributed by atoms with Crippen molar-refractivity contribution >= 4 is 35.6 Å². The number of carboxylic acids is 2. The molecule has 2 fully saturated rings. The average molecular weight is 571 g/mol. The number of hydrogen-bond donors (Lipinski definition) is 4. The molecule has 0 aliphatic carbocycles. The second kappa shape index (κ2) is 12.3. The molecular weight excluding hydrogens is 536 g/mol. The van der Waals surface area contributed by atoms with E-state index in [2.05, 4.69) is 10.6 Å². The number of carbonyl (C=O) groups is 6. The first-order chi connectivity index (χ1) is 19.5. The van der Waals surface area contributed by atoms with Crippen LogP contribution in [0.3, 0.4) is 0 Å². The van der Waals surface area contributed by atoms with Crippen LogP contribution in [-0.4, -0.2) is 102 Å². The summed E-state index contributed by atoms with van der Waals surface area (Å²) in [5.41, 5.74) is 0.812. The van der Waals surface area contributed by atoms with Crippen molar-refractivity contribution in [3.05, 3.63) is 48.0 Å². The van der Waals surface area contributed by atoms with Gasteiger partial charge < -0.3 is 39.8 Å². The lowest BCUT2D eigenvalue weighted by Crippen LogP contribution is -2.42. The Hall–Kier alpha value is -4.62. The fourth-order valence-electron chi connectivity index (χ4n) is 5.49. The van der Waals surface area contributed by atoms with Crippen LogP contribution in [0.25, 0.3) is 0 Å². The monoisotopic (exact) mass is 570 g/mol. The van der Waals surface area contributed by atoms with Gasteiger partial charge in [-0.05, 0) is 30.7 Å². The summed E-state index contributed by atoms with van der Waals surface area (Å²) in [7, 11) is 3.42. The topological polar surface area (TPSA) is 183 Å². The van der Waals surface area contributed by atoms with Crippen LogP contribution >= 0.6 is 0 Å². The van der Waals surface area contributed by atoms with Gasteiger partial charge in [0.05, 0.1) is 0 Å². The summed E-state index contributed by atoms with van der Waals surface area (Å²) in [5, 5.41) is 24.9. The first-order valence-corrected chi connectivity index (χ1v) is 13.3. The number of aliphatic carboxylic acids is 2. The van der Waals surface area contributed by atoms with Crippen molar-refractivity contribution in [2.45, 2.75) is 56.3 Å². The zero-order chi connectivity index (χ0) is 29.8. The van der Waals surface area contributed by atoms with E-state index in [4.69, 9.17) is 0 Å². The zero-order valence-corrected chi connectivity index (χ0v) is 22.9. The van der Waals surface area contributed by atoms with Gasteiger partial charge in [-0.2, -0.15) is 0 Å². The normalized spacial score (nSPS) is 22.0. The molecule has 14 nitrogen and oxygen atoms in total. The molecule has 41 heavy (non-hydrogen) atoms. The van der Waals surface area contributed by atoms with Crippen molar-refractivity contribution in [1.82, 2.24) is 29.6 Å². The molecule has 4 atom stereocenters. The van der Waals surface area contributed by atoms with Gasteiger partial charge in [-0.3, -0.25) is 19.2 Å². The van der Waals surface area contributed by atoms with E-state index in [-0.39, 0.29) is 57.0 Å². The molecular formula is C27H34N6O8. The molecule has 4 rings (SSSR count). The number of aryl methyl sites for hydroxylation is 2. The molecule has 0 radical (unpaired) electrons. The molecule has 0 bridgehead atoms. The molecule has 0 saturated carbocycles. The summed E-state index contributed by atoms with van der Waals surface area (Å²) in [6, 6.07) is 3.37. The van der Waals surface area contributed by atoms with Crippen LogP contribution in [0.2, 0.25) is 0 Å². The number of amides is 4. The number of nitrogens with one attached hydrogen (secondary N) is 2. The van der Waals surface area contributed by atoms with Crippen molar-refractivity contribution in [3.8, 4) is 0 Å². The predicted octanol–water partition coefficient (Wildman–Crippen LogP) is -0.198.